The van der Waals surface area contributed by atoms with E-state index in [0.29, 0.717) is 12.1 Å². The average Bonchev–Trinajstić information content (AvgIpc) is 3.01. The van der Waals surface area contributed by atoms with Crippen molar-refractivity contribution >= 4 is 11.3 Å². The average molecular weight is 287 g/mol. The van der Waals surface area contributed by atoms with Crippen molar-refractivity contribution in [2.75, 3.05) is 19.6 Å². The lowest BCUT2D eigenvalue weighted by atomic mass is 10.0. The van der Waals surface area contributed by atoms with Gasteiger partial charge in [0, 0.05) is 43.5 Å². The maximum Gasteiger partial charge on any atom is 0.0794 e. The number of benzene rings is 1. The van der Waals surface area contributed by atoms with E-state index in [-0.39, 0.29) is 0 Å². The van der Waals surface area contributed by atoms with E-state index in [4.69, 9.17) is 0 Å². The van der Waals surface area contributed by atoms with Gasteiger partial charge in [0.15, 0.2) is 0 Å². The molecule has 0 amide bonds. The minimum Gasteiger partial charge on any atom is -0.307 e. The van der Waals surface area contributed by atoms with Gasteiger partial charge < -0.3 is 5.32 Å². The monoisotopic (exact) mass is 287 g/mol. The van der Waals surface area contributed by atoms with Gasteiger partial charge in [-0.15, -0.1) is 11.3 Å². The van der Waals surface area contributed by atoms with Crippen LogP contribution in [-0.4, -0.2) is 35.6 Å². The van der Waals surface area contributed by atoms with Gasteiger partial charge in [-0.05, 0) is 12.5 Å². The smallest absolute Gasteiger partial charge is 0.0794 e. The van der Waals surface area contributed by atoms with E-state index in [9.17, 15) is 0 Å². The molecule has 1 aromatic carbocycles. The number of aromatic nitrogens is 1. The molecule has 106 valence electrons. The lowest BCUT2D eigenvalue weighted by Crippen LogP contribution is -2.51. The van der Waals surface area contributed by atoms with Gasteiger partial charge in [-0.1, -0.05) is 30.3 Å². The molecule has 1 N–H and O–H groups in total. The number of hydrogen-bond donors (Lipinski definition) is 1. The fourth-order valence-corrected chi connectivity index (χ4v) is 3.35. The summed E-state index contributed by atoms with van der Waals surface area (Å²) in [7, 11) is 0. The molecule has 1 saturated heterocycles. The molecule has 0 saturated carbocycles. The predicted molar refractivity (Wildman–Crippen MR) is 84.0 cm³/mol. The summed E-state index contributed by atoms with van der Waals surface area (Å²) in [6, 6.07) is 11.8. The molecule has 0 aliphatic carbocycles. The first-order valence-corrected chi connectivity index (χ1v) is 8.16. The normalized spacial score (nSPS) is 23.9. The third-order valence-corrected chi connectivity index (χ3v) is 4.68. The molecule has 1 aliphatic rings. The Morgan fingerprint density at radius 1 is 1.35 bits per heavy atom. The molecule has 0 spiro atoms. The lowest BCUT2D eigenvalue weighted by molar-refractivity contribution is 0.142. The standard InChI is InChI=1S/C16H21N3S/c1-13-9-17-16(14-5-3-2-4-6-14)10-19(13)8-7-15-11-20-12-18-15/h2-6,11-13,16-17H,7-10H2,1H3. The van der Waals surface area contributed by atoms with Gasteiger partial charge in [0.1, 0.15) is 0 Å². The van der Waals surface area contributed by atoms with Gasteiger partial charge in [0.2, 0.25) is 0 Å². The highest BCUT2D eigenvalue weighted by Gasteiger charge is 2.25. The molecule has 0 radical (unpaired) electrons. The molecule has 2 atom stereocenters. The number of piperazine rings is 1. The van der Waals surface area contributed by atoms with E-state index in [1.807, 2.05) is 5.51 Å². The van der Waals surface area contributed by atoms with Crippen LogP contribution in [0.2, 0.25) is 0 Å². The van der Waals surface area contributed by atoms with E-state index >= 15 is 0 Å². The van der Waals surface area contributed by atoms with Crippen molar-refractivity contribution in [2.24, 2.45) is 0 Å². The number of nitrogens with one attached hydrogen (secondary N) is 1. The van der Waals surface area contributed by atoms with Crippen LogP contribution < -0.4 is 5.32 Å². The van der Waals surface area contributed by atoms with E-state index < -0.39 is 0 Å². The summed E-state index contributed by atoms with van der Waals surface area (Å²) in [5.41, 5.74) is 4.53. The highest BCUT2D eigenvalue weighted by Crippen LogP contribution is 2.20. The van der Waals surface area contributed by atoms with Crippen LogP contribution >= 0.6 is 11.3 Å². The van der Waals surface area contributed by atoms with Crippen LogP contribution in [0.3, 0.4) is 0 Å². The Kier molecular flexibility index (Phi) is 4.45. The topological polar surface area (TPSA) is 28.2 Å². The summed E-state index contributed by atoms with van der Waals surface area (Å²) in [6.45, 7) is 5.52. The number of rotatable bonds is 4. The molecule has 4 heteroatoms. The molecule has 1 fully saturated rings. The predicted octanol–water partition coefficient (Wildman–Crippen LogP) is 2.72. The van der Waals surface area contributed by atoms with Crippen LogP contribution in [0.4, 0.5) is 0 Å². The third kappa shape index (κ3) is 3.26. The highest BCUT2D eigenvalue weighted by molar-refractivity contribution is 7.07. The summed E-state index contributed by atoms with van der Waals surface area (Å²) in [4.78, 5) is 6.96. The fourth-order valence-electron chi connectivity index (χ4n) is 2.76. The van der Waals surface area contributed by atoms with Crippen molar-refractivity contribution in [1.29, 1.82) is 0 Å². The Morgan fingerprint density at radius 2 is 2.20 bits per heavy atom. The number of nitrogens with zero attached hydrogens (tertiary/aromatic N) is 2. The second-order valence-corrected chi connectivity index (χ2v) is 6.16. The number of thiazole rings is 1. The first-order valence-electron chi connectivity index (χ1n) is 7.22. The molecule has 3 rings (SSSR count). The maximum atomic E-state index is 4.38. The van der Waals surface area contributed by atoms with E-state index in [1.54, 1.807) is 11.3 Å². The van der Waals surface area contributed by atoms with Crippen molar-refractivity contribution < 1.29 is 0 Å². The quantitative estimate of drug-likeness (QED) is 0.937. The van der Waals surface area contributed by atoms with Crippen LogP contribution in [0.25, 0.3) is 0 Å². The Hall–Kier alpha value is -1.23. The largest absolute Gasteiger partial charge is 0.307 e. The molecule has 2 heterocycles. The third-order valence-electron chi connectivity index (χ3n) is 4.04. The van der Waals surface area contributed by atoms with Crippen LogP contribution in [-0.2, 0) is 6.42 Å². The Bertz CT molecular complexity index is 512. The zero-order valence-electron chi connectivity index (χ0n) is 11.8. The van der Waals surface area contributed by atoms with Crippen molar-refractivity contribution in [3.63, 3.8) is 0 Å². The molecule has 1 aliphatic heterocycles. The molecular weight excluding hydrogens is 266 g/mol. The minimum absolute atomic E-state index is 0.447. The highest BCUT2D eigenvalue weighted by atomic mass is 32.1. The van der Waals surface area contributed by atoms with Crippen molar-refractivity contribution in [3.8, 4) is 0 Å². The van der Waals surface area contributed by atoms with Gasteiger partial charge >= 0.3 is 0 Å². The molecule has 2 unspecified atom stereocenters. The summed E-state index contributed by atoms with van der Waals surface area (Å²) in [5.74, 6) is 0. The van der Waals surface area contributed by atoms with Crippen molar-refractivity contribution in [2.45, 2.75) is 25.4 Å². The van der Waals surface area contributed by atoms with Gasteiger partial charge in [0.25, 0.3) is 0 Å². The summed E-state index contributed by atoms with van der Waals surface area (Å²) < 4.78 is 0. The zero-order valence-corrected chi connectivity index (χ0v) is 12.6. The first kappa shape index (κ1) is 13.7. The molecule has 2 aromatic rings. The van der Waals surface area contributed by atoms with E-state index in [0.717, 1.165) is 26.1 Å². The summed E-state index contributed by atoms with van der Waals surface area (Å²) in [5, 5.41) is 5.81. The second kappa shape index (κ2) is 6.48. The van der Waals surface area contributed by atoms with Gasteiger partial charge in [-0.2, -0.15) is 0 Å². The SMILES string of the molecule is CC1CNC(c2ccccc2)CN1CCc1cscn1. The van der Waals surface area contributed by atoms with E-state index in [2.05, 4.69) is 57.8 Å². The van der Waals surface area contributed by atoms with Crippen LogP contribution in [0.15, 0.2) is 41.2 Å². The van der Waals surface area contributed by atoms with E-state index in [1.165, 1.54) is 11.3 Å². The molecule has 1 aromatic heterocycles. The Labute approximate surface area is 124 Å². The van der Waals surface area contributed by atoms with Gasteiger partial charge in [-0.3, -0.25) is 4.90 Å². The van der Waals surface area contributed by atoms with Crippen LogP contribution in [0.1, 0.15) is 24.2 Å². The summed E-state index contributed by atoms with van der Waals surface area (Å²) in [6.07, 6.45) is 1.05. The van der Waals surface area contributed by atoms with Crippen LogP contribution in [0, 0.1) is 0 Å². The Morgan fingerprint density at radius 3 is 2.95 bits per heavy atom. The van der Waals surface area contributed by atoms with Crippen LogP contribution in [0.5, 0.6) is 0 Å². The van der Waals surface area contributed by atoms with Gasteiger partial charge in [-0.25, -0.2) is 4.98 Å². The minimum atomic E-state index is 0.447. The fraction of sp³-hybridized carbons (Fsp3) is 0.438. The molecule has 0 bridgehead atoms. The van der Waals surface area contributed by atoms with Crippen molar-refractivity contribution in [1.82, 2.24) is 15.2 Å². The maximum absolute atomic E-state index is 4.38. The lowest BCUT2D eigenvalue weighted by Gasteiger charge is -2.39. The molecule has 3 nitrogen and oxygen atoms in total. The first-order chi connectivity index (χ1) is 9.83. The molecule has 20 heavy (non-hydrogen) atoms. The van der Waals surface area contributed by atoms with Crippen molar-refractivity contribution in [3.05, 3.63) is 52.5 Å². The second-order valence-electron chi connectivity index (χ2n) is 5.45. The summed E-state index contributed by atoms with van der Waals surface area (Å²) >= 11 is 1.68. The molecular formula is C16H21N3S. The Balaban J connectivity index is 1.61. The number of hydrogen-bond acceptors (Lipinski definition) is 4. The zero-order chi connectivity index (χ0) is 13.8. The van der Waals surface area contributed by atoms with Gasteiger partial charge in [0.05, 0.1) is 11.2 Å².